The maximum atomic E-state index is 6.25. The Bertz CT molecular complexity index is 2080. The number of benzene rings is 4. The van der Waals surface area contributed by atoms with Crippen LogP contribution in [0.25, 0.3) is 0 Å². The van der Waals surface area contributed by atoms with E-state index in [-0.39, 0.29) is 6.35 Å². The first-order valence-electron chi connectivity index (χ1n) is 18.3. The van der Waals surface area contributed by atoms with Crippen LogP contribution in [0.2, 0.25) is 0 Å². The van der Waals surface area contributed by atoms with Crippen LogP contribution in [0.1, 0.15) is 51.4 Å². The third kappa shape index (κ3) is 10.1. The Morgan fingerprint density at radius 3 is 1.04 bits per heavy atom. The van der Waals surface area contributed by atoms with Gasteiger partial charge in [0.15, 0.2) is 11.6 Å². The van der Waals surface area contributed by atoms with Crippen LogP contribution >= 0.6 is 20.2 Å². The molecule has 0 amide bonds. The fourth-order valence-corrected chi connectivity index (χ4v) is 7.41. The Kier molecular flexibility index (Phi) is 15.4. The summed E-state index contributed by atoms with van der Waals surface area (Å²) in [5, 5.41) is 0. The Labute approximate surface area is 362 Å². The van der Waals surface area contributed by atoms with Crippen molar-refractivity contribution in [3.05, 3.63) is 149 Å². The van der Waals surface area contributed by atoms with E-state index < -0.39 is 0 Å². The summed E-state index contributed by atoms with van der Waals surface area (Å²) >= 11 is 7.32. The molecule has 2 aromatic heterocycles. The molecule has 0 saturated heterocycles. The molecular formula is C44H47Cl2Cu2N8O. The minimum atomic E-state index is -0.343. The molecule has 0 unspecified atom stereocenters. The summed E-state index contributed by atoms with van der Waals surface area (Å²) in [6.07, 6.45) is 6.62. The first kappa shape index (κ1) is 43.9. The van der Waals surface area contributed by atoms with Crippen LogP contribution in [0.4, 0.5) is 46.0 Å². The monoisotopic (exact) mass is 899 g/mol. The SMILES string of the molecule is CCOC1N(c2cc(C)cc(C)c2)c2nccnc2N1c1cc(C)cc(C)c1.Cc1cc(C)cc(N2[CH-]N(c3cc(C)cc(C)c3)c3nccnc32)c1.[Cl][Cu+].[Cl][Cu]. The van der Waals surface area contributed by atoms with Crippen molar-refractivity contribution in [2.45, 2.75) is 68.7 Å². The summed E-state index contributed by atoms with van der Waals surface area (Å²) in [4.78, 5) is 27.0. The number of aryl methyl sites for hydroxylation is 8. The van der Waals surface area contributed by atoms with Crippen LogP contribution in [0.3, 0.4) is 0 Å². The Morgan fingerprint density at radius 1 is 0.491 bits per heavy atom. The molecule has 57 heavy (non-hydrogen) atoms. The van der Waals surface area contributed by atoms with Crippen molar-refractivity contribution in [1.82, 2.24) is 19.9 Å². The van der Waals surface area contributed by atoms with Gasteiger partial charge in [-0.3, -0.25) is 9.80 Å². The van der Waals surface area contributed by atoms with E-state index in [1.54, 1.807) is 24.8 Å². The van der Waals surface area contributed by atoms with Crippen LogP contribution < -0.4 is 19.6 Å². The molecule has 0 aliphatic carbocycles. The Balaban J connectivity index is 0.000000201. The number of nitrogens with zero attached hydrogens (tertiary/aromatic N) is 8. The van der Waals surface area contributed by atoms with E-state index >= 15 is 0 Å². The number of anilines is 8. The summed E-state index contributed by atoms with van der Waals surface area (Å²) in [6.45, 7) is 21.6. The summed E-state index contributed by atoms with van der Waals surface area (Å²) in [5.74, 6) is 3.33. The van der Waals surface area contributed by atoms with Crippen LogP contribution in [0.15, 0.2) is 97.6 Å². The molecule has 4 heterocycles. The molecule has 8 rings (SSSR count). The van der Waals surface area contributed by atoms with E-state index in [9.17, 15) is 0 Å². The number of rotatable bonds is 6. The summed E-state index contributed by atoms with van der Waals surface area (Å²) in [5.41, 5.74) is 14.1. The second-order valence-corrected chi connectivity index (χ2v) is 14.2. The predicted octanol–water partition coefficient (Wildman–Crippen LogP) is 11.8. The molecule has 13 heteroatoms. The second kappa shape index (κ2) is 20.0. The number of aromatic nitrogens is 4. The average molecular weight is 902 g/mol. The minimum absolute atomic E-state index is 0.343. The molecule has 0 radical (unpaired) electrons. The summed E-state index contributed by atoms with van der Waals surface area (Å²) < 4.78 is 6.25. The quantitative estimate of drug-likeness (QED) is 0.120. The van der Waals surface area contributed by atoms with Crippen LogP contribution in [-0.2, 0) is 34.9 Å². The fraction of sp³-hybridized carbons (Fsp3) is 0.250. The number of hydrogen-bond acceptors (Lipinski definition) is 9. The number of fused-ring (bicyclic) bond motifs is 2. The molecule has 9 nitrogen and oxygen atoms in total. The van der Waals surface area contributed by atoms with Gasteiger partial charge in [0.05, 0.1) is 0 Å². The maximum absolute atomic E-state index is 6.25. The van der Waals surface area contributed by atoms with Gasteiger partial charge < -0.3 is 14.5 Å². The molecular weight excluding hydrogens is 855 g/mol. The predicted molar refractivity (Wildman–Crippen MR) is 228 cm³/mol. The van der Waals surface area contributed by atoms with Gasteiger partial charge >= 0.3 is 50.4 Å². The molecule has 0 N–H and O–H groups in total. The van der Waals surface area contributed by atoms with E-state index in [1.807, 2.05) is 6.92 Å². The van der Waals surface area contributed by atoms with Gasteiger partial charge in [0, 0.05) is 54.1 Å². The van der Waals surface area contributed by atoms with E-state index in [0.717, 1.165) is 46.0 Å². The zero-order valence-corrected chi connectivity index (χ0v) is 36.8. The normalized spacial score (nSPS) is 12.9. The first-order chi connectivity index (χ1) is 27.5. The van der Waals surface area contributed by atoms with Gasteiger partial charge in [0.25, 0.3) is 0 Å². The van der Waals surface area contributed by atoms with E-state index in [2.05, 4.69) is 225 Å². The number of hydrogen-bond donors (Lipinski definition) is 0. The van der Waals surface area contributed by atoms with Gasteiger partial charge in [-0.15, -0.1) is 6.67 Å². The van der Waals surface area contributed by atoms with Gasteiger partial charge in [-0.05, 0) is 155 Å². The van der Waals surface area contributed by atoms with Crippen LogP contribution in [0.5, 0.6) is 0 Å². The van der Waals surface area contributed by atoms with Crippen molar-refractivity contribution >= 4 is 66.2 Å². The molecule has 2 aliphatic heterocycles. The number of ether oxygens (including phenoxy) is 1. The van der Waals surface area contributed by atoms with Gasteiger partial charge in [0.2, 0.25) is 6.35 Å². The van der Waals surface area contributed by atoms with Gasteiger partial charge in [-0.25, -0.2) is 19.9 Å². The van der Waals surface area contributed by atoms with Crippen molar-refractivity contribution in [2.24, 2.45) is 0 Å². The molecule has 2 aliphatic rings. The van der Waals surface area contributed by atoms with Gasteiger partial charge in [-0.1, -0.05) is 24.3 Å². The van der Waals surface area contributed by atoms with E-state index in [1.165, 1.54) is 44.5 Å². The van der Waals surface area contributed by atoms with Crippen LogP contribution in [-0.4, -0.2) is 32.9 Å². The van der Waals surface area contributed by atoms with Crippen molar-refractivity contribution in [3.8, 4) is 0 Å². The topological polar surface area (TPSA) is 73.8 Å². The second-order valence-electron chi connectivity index (χ2n) is 14.2. The Morgan fingerprint density at radius 2 is 0.754 bits per heavy atom. The van der Waals surface area contributed by atoms with E-state index in [0.29, 0.717) is 6.61 Å². The standard InChI is InChI=1S/C23H26N4O.C21H21N4.2ClH.2Cu/c1-6-28-23-26(19-11-15(2)9-16(3)12-19)21-22(25-8-7-24-21)27(23)20-13-17(4)10-18(5)14-20;1-14-7-15(2)10-18(9-14)24-13-25(21-20(24)22-5-6-23-21)19-11-16(3)8-17(4)12-19;;;;/h7-14,23H,6H2,1-5H3;5-13H,1-4H3;2*1H;;/q;-1;;;+1;+2/p-2. The third-order valence-electron chi connectivity index (χ3n) is 9.16. The molecule has 0 spiro atoms. The van der Waals surface area contributed by atoms with Crippen molar-refractivity contribution in [1.29, 1.82) is 0 Å². The first-order valence-corrected chi connectivity index (χ1v) is 20.9. The van der Waals surface area contributed by atoms with Gasteiger partial charge in [-0.2, -0.15) is 0 Å². The van der Waals surface area contributed by atoms with Crippen LogP contribution in [0, 0.1) is 62.1 Å². The molecule has 4 aromatic carbocycles. The number of halogens is 2. The molecule has 6 aromatic rings. The molecule has 0 saturated carbocycles. The van der Waals surface area contributed by atoms with Gasteiger partial charge in [0.1, 0.15) is 11.6 Å². The zero-order valence-electron chi connectivity index (χ0n) is 33.4. The molecule has 0 fully saturated rings. The fourth-order valence-electron chi connectivity index (χ4n) is 7.41. The third-order valence-corrected chi connectivity index (χ3v) is 9.16. The summed E-state index contributed by atoms with van der Waals surface area (Å²) in [7, 11) is 8.40. The van der Waals surface area contributed by atoms with Crippen molar-refractivity contribution in [3.63, 3.8) is 0 Å². The van der Waals surface area contributed by atoms with Crippen molar-refractivity contribution in [2.75, 3.05) is 26.2 Å². The molecule has 0 bridgehead atoms. The molecule has 305 valence electrons. The van der Waals surface area contributed by atoms with E-state index in [4.69, 9.17) is 4.74 Å². The van der Waals surface area contributed by atoms with Crippen molar-refractivity contribution < 1.29 is 34.9 Å². The summed E-state index contributed by atoms with van der Waals surface area (Å²) in [6, 6.07) is 26.1. The Hall–Kier alpha value is -4.18. The zero-order chi connectivity index (χ0) is 41.4. The molecule has 0 atom stereocenters. The average Bonchev–Trinajstić information content (AvgIpc) is 3.72.